The standard InChI is InChI=1S/C47H60F2N6O7SSi/c1-24(2)64(25(3)4,26(5)6)21-20-28-16-15-17-30-34(28)31(22-32(36(30)48)50-44(56)61-46(8,9)10)38-37(49)39-35-41(53-43(52-39)63(14,58)59)54-23-29-18-19-33(40(54)27(7)60-42(35)51-38)55(29)45(57)62-47(11,12)13/h15-17,22,24-27,29,33,40H,18-19,23H2,1-14H3,(H,50,56)/t27-,29+,33-,40+/m0/s1. The van der Waals surface area contributed by atoms with Crippen LogP contribution in [0.1, 0.15) is 108 Å². The molecule has 2 bridgehead atoms. The molecule has 13 nitrogen and oxygen atoms in total. The number of carbonyl (C=O) groups is 2. The maximum Gasteiger partial charge on any atom is 0.412 e. The summed E-state index contributed by atoms with van der Waals surface area (Å²) in [6.07, 6.45) is 0.0661. The van der Waals surface area contributed by atoms with Gasteiger partial charge in [-0.15, -0.1) is 5.54 Å². The Morgan fingerprint density at radius 1 is 0.922 bits per heavy atom. The monoisotopic (exact) mass is 918 g/mol. The van der Waals surface area contributed by atoms with Crippen molar-refractivity contribution in [1.29, 1.82) is 0 Å². The van der Waals surface area contributed by atoms with E-state index in [9.17, 15) is 18.0 Å². The number of benzene rings is 2. The van der Waals surface area contributed by atoms with Gasteiger partial charge in [0.05, 0.1) is 23.8 Å². The number of pyridine rings is 1. The highest BCUT2D eigenvalue weighted by Gasteiger charge is 2.54. The zero-order valence-corrected chi connectivity index (χ0v) is 41.0. The lowest BCUT2D eigenvalue weighted by Crippen LogP contribution is -2.65. The van der Waals surface area contributed by atoms with Gasteiger partial charge in [-0.05, 0) is 90.1 Å². The number of sulfone groups is 1. The van der Waals surface area contributed by atoms with Gasteiger partial charge in [-0.3, -0.25) is 10.2 Å². The van der Waals surface area contributed by atoms with Crippen molar-refractivity contribution in [3.8, 4) is 28.6 Å². The molecular weight excluding hydrogens is 859 g/mol. The summed E-state index contributed by atoms with van der Waals surface area (Å²) in [4.78, 5) is 44.3. The highest BCUT2D eigenvalue weighted by Crippen LogP contribution is 2.48. The average molecular weight is 919 g/mol. The highest BCUT2D eigenvalue weighted by atomic mass is 32.2. The smallest absolute Gasteiger partial charge is 0.412 e. The number of aromatic nitrogens is 3. The average Bonchev–Trinajstić information content (AvgIpc) is 3.41. The molecule has 4 atom stereocenters. The Kier molecular flexibility index (Phi) is 12.0. The number of nitrogens with one attached hydrogen (secondary N) is 1. The van der Waals surface area contributed by atoms with Crippen LogP contribution in [0.2, 0.25) is 16.6 Å². The normalized spacial score (nSPS) is 20.0. The molecule has 2 aromatic heterocycles. The summed E-state index contributed by atoms with van der Waals surface area (Å²) in [6.45, 7) is 25.5. The third-order valence-corrected chi connectivity index (χ3v) is 19.8. The van der Waals surface area contributed by atoms with Crippen LogP contribution in [-0.2, 0) is 19.3 Å². The van der Waals surface area contributed by atoms with Crippen LogP contribution in [0.5, 0.6) is 5.88 Å². The molecule has 344 valence electrons. The van der Waals surface area contributed by atoms with Crippen LogP contribution < -0.4 is 15.0 Å². The number of hydrogen-bond donors (Lipinski definition) is 1. The molecule has 1 N–H and O–H groups in total. The first-order chi connectivity index (χ1) is 29.6. The van der Waals surface area contributed by atoms with Crippen LogP contribution in [-0.4, -0.2) is 96.8 Å². The molecule has 7 rings (SSSR count). The summed E-state index contributed by atoms with van der Waals surface area (Å²) in [5, 5.41) is 2.20. The van der Waals surface area contributed by atoms with Gasteiger partial charge in [0.1, 0.15) is 47.8 Å². The number of piperazine rings is 1. The molecule has 2 saturated heterocycles. The van der Waals surface area contributed by atoms with Crippen molar-refractivity contribution in [3.05, 3.63) is 41.5 Å². The molecule has 0 aliphatic carbocycles. The molecule has 3 aliphatic rings. The number of amides is 2. The Labute approximate surface area is 376 Å². The first kappa shape index (κ1) is 46.9. The number of carbonyl (C=O) groups excluding carboxylic acids is 2. The molecule has 3 aliphatic heterocycles. The fourth-order valence-corrected chi connectivity index (χ4v) is 15.9. The summed E-state index contributed by atoms with van der Waals surface area (Å²) in [5.41, 5.74) is 2.27. The number of ether oxygens (including phenoxy) is 3. The van der Waals surface area contributed by atoms with E-state index in [1.54, 1.807) is 58.6 Å². The van der Waals surface area contributed by atoms with E-state index in [4.69, 9.17) is 19.2 Å². The fourth-order valence-electron chi connectivity index (χ4n) is 10.2. The summed E-state index contributed by atoms with van der Waals surface area (Å²) >= 11 is 0. The van der Waals surface area contributed by atoms with Crippen molar-refractivity contribution in [2.75, 3.05) is 23.0 Å². The molecule has 2 amide bonds. The lowest BCUT2D eigenvalue weighted by Gasteiger charge is -2.48. The van der Waals surface area contributed by atoms with E-state index in [1.807, 2.05) is 11.8 Å². The Morgan fingerprint density at radius 3 is 2.16 bits per heavy atom. The van der Waals surface area contributed by atoms with Gasteiger partial charge in [0.25, 0.3) is 0 Å². The quantitative estimate of drug-likeness (QED) is 0.112. The van der Waals surface area contributed by atoms with Gasteiger partial charge in [-0.2, -0.15) is 0 Å². The fraction of sp³-hybridized carbons (Fsp3) is 0.553. The second-order valence-corrected chi connectivity index (χ2v) is 27.8. The minimum atomic E-state index is -4.14. The van der Waals surface area contributed by atoms with E-state index in [0.29, 0.717) is 18.4 Å². The van der Waals surface area contributed by atoms with Crippen molar-refractivity contribution in [1.82, 2.24) is 19.9 Å². The third kappa shape index (κ3) is 8.36. The van der Waals surface area contributed by atoms with Gasteiger partial charge in [0.2, 0.25) is 20.9 Å². The number of nitrogens with zero attached hydrogens (tertiary/aromatic N) is 5. The van der Waals surface area contributed by atoms with Crippen molar-refractivity contribution in [3.63, 3.8) is 0 Å². The van der Waals surface area contributed by atoms with E-state index in [2.05, 4.69) is 68.3 Å². The molecule has 2 fully saturated rings. The van der Waals surface area contributed by atoms with Gasteiger partial charge in [-0.25, -0.2) is 41.7 Å². The number of hydrogen-bond acceptors (Lipinski definition) is 11. The van der Waals surface area contributed by atoms with Crippen molar-refractivity contribution in [2.24, 2.45) is 0 Å². The van der Waals surface area contributed by atoms with Gasteiger partial charge in [0, 0.05) is 34.7 Å². The molecule has 0 unspecified atom stereocenters. The molecule has 0 saturated carbocycles. The van der Waals surface area contributed by atoms with E-state index in [1.165, 1.54) is 12.1 Å². The number of anilines is 2. The molecule has 0 radical (unpaired) electrons. The molecule has 0 spiro atoms. The zero-order valence-electron chi connectivity index (χ0n) is 39.2. The second kappa shape index (κ2) is 16.4. The second-order valence-electron chi connectivity index (χ2n) is 20.3. The first-order valence-electron chi connectivity index (χ1n) is 22.0. The van der Waals surface area contributed by atoms with Gasteiger partial charge in [0.15, 0.2) is 11.6 Å². The maximum absolute atomic E-state index is 17.9. The molecule has 5 heterocycles. The Morgan fingerprint density at radius 2 is 1.56 bits per heavy atom. The Bertz CT molecular complexity index is 2720. The van der Waals surface area contributed by atoms with Crippen molar-refractivity contribution < 1.29 is 41.0 Å². The molecule has 2 aromatic carbocycles. The predicted octanol–water partition coefficient (Wildman–Crippen LogP) is 10.2. The summed E-state index contributed by atoms with van der Waals surface area (Å²) < 4.78 is 79.6. The van der Waals surface area contributed by atoms with Crippen molar-refractivity contribution in [2.45, 2.75) is 160 Å². The Balaban J connectivity index is 1.52. The molecule has 4 aromatic rings. The van der Waals surface area contributed by atoms with Crippen LogP contribution in [0.4, 0.5) is 29.9 Å². The molecular formula is C47H60F2N6O7SSi. The van der Waals surface area contributed by atoms with E-state index < -0.39 is 76.3 Å². The SMILES string of the molecule is CC(C)[Si](C#Cc1cccc2c(F)c(NC(=O)OC(C)(C)C)cc(-c3nc4c5c(nc(S(C)(=O)=O)nc5c3F)N3C[C@H]5CC[C@@H]([C@H]3[C@H](C)O4)N5C(=O)OC(C)(C)C)c12)(C(C)C)C(C)C. The van der Waals surface area contributed by atoms with E-state index in [0.717, 1.165) is 6.26 Å². The van der Waals surface area contributed by atoms with E-state index in [-0.39, 0.29) is 79.5 Å². The Hall–Kier alpha value is -5.08. The molecule has 64 heavy (non-hydrogen) atoms. The van der Waals surface area contributed by atoms with Crippen LogP contribution >= 0.6 is 0 Å². The first-order valence-corrected chi connectivity index (χ1v) is 26.1. The van der Waals surface area contributed by atoms with Crippen molar-refractivity contribution >= 4 is 63.3 Å². The van der Waals surface area contributed by atoms with Crippen LogP contribution in [0.3, 0.4) is 0 Å². The minimum Gasteiger partial charge on any atom is -0.472 e. The van der Waals surface area contributed by atoms with E-state index >= 15 is 8.78 Å². The van der Waals surface area contributed by atoms with Crippen LogP contribution in [0.25, 0.3) is 32.9 Å². The zero-order chi connectivity index (χ0) is 47.2. The lowest BCUT2D eigenvalue weighted by atomic mass is 9.95. The summed E-state index contributed by atoms with van der Waals surface area (Å²) in [5.74, 6) is 1.62. The van der Waals surface area contributed by atoms with Gasteiger partial charge in [-0.1, -0.05) is 59.6 Å². The highest BCUT2D eigenvalue weighted by molar-refractivity contribution is 7.90. The third-order valence-electron chi connectivity index (χ3n) is 12.7. The number of fused-ring (bicyclic) bond motifs is 6. The lowest BCUT2D eigenvalue weighted by molar-refractivity contribution is 0.000925. The maximum atomic E-state index is 17.9. The topological polar surface area (TPSA) is 153 Å². The predicted molar refractivity (Wildman–Crippen MR) is 247 cm³/mol. The van der Waals surface area contributed by atoms with Gasteiger partial charge < -0.3 is 19.1 Å². The summed E-state index contributed by atoms with van der Waals surface area (Å²) in [7, 11) is -6.50. The number of rotatable bonds is 6. The van der Waals surface area contributed by atoms with Gasteiger partial charge >= 0.3 is 12.2 Å². The van der Waals surface area contributed by atoms with Crippen LogP contribution in [0, 0.1) is 23.1 Å². The summed E-state index contributed by atoms with van der Waals surface area (Å²) in [6, 6.07) is 4.88. The largest absolute Gasteiger partial charge is 0.472 e. The number of halogens is 2. The molecule has 17 heteroatoms. The minimum absolute atomic E-state index is 0.0262. The van der Waals surface area contributed by atoms with Crippen LogP contribution in [0.15, 0.2) is 29.4 Å².